The van der Waals surface area contributed by atoms with Crippen LogP contribution in [0, 0.1) is 5.92 Å². The Balaban J connectivity index is 2.88. The zero-order valence-electron chi connectivity index (χ0n) is 10.0. The van der Waals surface area contributed by atoms with Crippen LogP contribution >= 0.6 is 0 Å². The molecule has 1 saturated heterocycles. The van der Waals surface area contributed by atoms with Gasteiger partial charge < -0.3 is 9.47 Å². The third-order valence-corrected chi connectivity index (χ3v) is 2.40. The molecule has 0 atom stereocenters. The molecule has 0 spiro atoms. The second kappa shape index (κ2) is 5.64. The first-order chi connectivity index (χ1) is 7.19. The monoisotopic (exact) mass is 208 g/mol. The van der Waals surface area contributed by atoms with Gasteiger partial charge in [-0.2, -0.15) is 0 Å². The quantitative estimate of drug-likeness (QED) is 0.692. The first-order valence-corrected chi connectivity index (χ1v) is 5.49. The topological polar surface area (TPSA) is 18.5 Å². The van der Waals surface area contributed by atoms with Crippen LogP contribution in [0.4, 0.5) is 0 Å². The Morgan fingerprint density at radius 2 is 1.73 bits per heavy atom. The van der Waals surface area contributed by atoms with Gasteiger partial charge in [-0.25, -0.2) is 0 Å². The van der Waals surface area contributed by atoms with E-state index in [4.69, 9.17) is 9.47 Å². The Bertz CT molecular complexity index is 296. The average molecular weight is 208 g/mol. The van der Waals surface area contributed by atoms with Gasteiger partial charge in [0.05, 0.1) is 0 Å². The summed E-state index contributed by atoms with van der Waals surface area (Å²) >= 11 is 0. The summed E-state index contributed by atoms with van der Waals surface area (Å²) in [5.41, 5.74) is 1.27. The predicted molar refractivity (Wildman–Crippen MR) is 62.3 cm³/mol. The fourth-order valence-corrected chi connectivity index (χ4v) is 1.52. The fourth-order valence-electron chi connectivity index (χ4n) is 1.52. The number of allylic oxidation sites excluding steroid dienone is 4. The van der Waals surface area contributed by atoms with Crippen LogP contribution in [-0.4, -0.2) is 13.2 Å². The lowest BCUT2D eigenvalue weighted by molar-refractivity contribution is 0.0592. The van der Waals surface area contributed by atoms with Gasteiger partial charge in [0.15, 0.2) is 11.5 Å². The molecule has 2 heteroatoms. The summed E-state index contributed by atoms with van der Waals surface area (Å²) in [6.07, 6.45) is 6.13. The van der Waals surface area contributed by atoms with E-state index in [0.717, 1.165) is 11.5 Å². The molecule has 84 valence electrons. The Morgan fingerprint density at radius 1 is 1.13 bits per heavy atom. The lowest BCUT2D eigenvalue weighted by Crippen LogP contribution is -2.14. The van der Waals surface area contributed by atoms with Gasteiger partial charge in [0.25, 0.3) is 0 Å². The Kier molecular flexibility index (Phi) is 4.47. The SMILES string of the molecule is C\C=C(/C=C1/OCCO/C1=C/C)C(C)C. The minimum Gasteiger partial charge on any atom is -0.486 e. The summed E-state index contributed by atoms with van der Waals surface area (Å²) in [7, 11) is 0. The van der Waals surface area contributed by atoms with Crippen LogP contribution in [0.15, 0.2) is 35.3 Å². The summed E-state index contributed by atoms with van der Waals surface area (Å²) in [5, 5.41) is 0. The molecule has 0 aromatic rings. The third-order valence-electron chi connectivity index (χ3n) is 2.40. The van der Waals surface area contributed by atoms with Crippen molar-refractivity contribution in [2.75, 3.05) is 13.2 Å². The minimum atomic E-state index is 0.506. The molecular weight excluding hydrogens is 188 g/mol. The fraction of sp³-hybridized carbons (Fsp3) is 0.538. The maximum absolute atomic E-state index is 5.59. The van der Waals surface area contributed by atoms with E-state index in [1.165, 1.54) is 5.57 Å². The van der Waals surface area contributed by atoms with Crippen molar-refractivity contribution in [3.05, 3.63) is 35.3 Å². The van der Waals surface area contributed by atoms with E-state index in [0.29, 0.717) is 19.1 Å². The van der Waals surface area contributed by atoms with Gasteiger partial charge >= 0.3 is 0 Å². The highest BCUT2D eigenvalue weighted by Crippen LogP contribution is 2.22. The summed E-state index contributed by atoms with van der Waals surface area (Å²) in [6, 6.07) is 0. The van der Waals surface area contributed by atoms with E-state index in [1.807, 2.05) is 19.9 Å². The lowest BCUT2D eigenvalue weighted by Gasteiger charge is -2.21. The summed E-state index contributed by atoms with van der Waals surface area (Å²) < 4.78 is 11.1. The van der Waals surface area contributed by atoms with E-state index < -0.39 is 0 Å². The molecule has 0 amide bonds. The van der Waals surface area contributed by atoms with Crippen LogP contribution in [0.5, 0.6) is 0 Å². The smallest absolute Gasteiger partial charge is 0.161 e. The zero-order chi connectivity index (χ0) is 11.3. The Labute approximate surface area is 92.3 Å². The molecule has 1 aliphatic heterocycles. The van der Waals surface area contributed by atoms with Gasteiger partial charge in [-0.15, -0.1) is 0 Å². The molecule has 0 aromatic carbocycles. The minimum absolute atomic E-state index is 0.506. The second-order valence-electron chi connectivity index (χ2n) is 3.80. The molecule has 1 rings (SSSR count). The van der Waals surface area contributed by atoms with E-state index in [2.05, 4.69) is 26.0 Å². The van der Waals surface area contributed by atoms with Gasteiger partial charge in [0.2, 0.25) is 0 Å². The zero-order valence-corrected chi connectivity index (χ0v) is 10.0. The molecule has 1 aliphatic rings. The van der Waals surface area contributed by atoms with E-state index in [-0.39, 0.29) is 0 Å². The molecule has 0 unspecified atom stereocenters. The molecule has 0 aliphatic carbocycles. The standard InChI is InChI=1S/C13H20O2/c1-5-11(10(3)4)9-13-12(6-2)14-7-8-15-13/h5-6,9-10H,7-8H2,1-4H3/b11-5+,12-6+,13-9+. The largest absolute Gasteiger partial charge is 0.486 e. The number of hydrogen-bond donors (Lipinski definition) is 0. The van der Waals surface area contributed by atoms with Crippen molar-refractivity contribution in [3.8, 4) is 0 Å². The number of ether oxygens (including phenoxy) is 2. The van der Waals surface area contributed by atoms with Crippen LogP contribution in [-0.2, 0) is 9.47 Å². The van der Waals surface area contributed by atoms with Crippen molar-refractivity contribution >= 4 is 0 Å². The first-order valence-electron chi connectivity index (χ1n) is 5.49. The van der Waals surface area contributed by atoms with Crippen LogP contribution in [0.2, 0.25) is 0 Å². The molecule has 0 N–H and O–H groups in total. The summed E-state index contributed by atoms with van der Waals surface area (Å²) in [4.78, 5) is 0. The molecule has 1 heterocycles. The summed E-state index contributed by atoms with van der Waals surface area (Å²) in [5.74, 6) is 2.21. The predicted octanol–water partition coefficient (Wildman–Crippen LogP) is 3.42. The first kappa shape index (κ1) is 11.9. The molecule has 0 bridgehead atoms. The van der Waals surface area contributed by atoms with E-state index in [1.54, 1.807) is 0 Å². The van der Waals surface area contributed by atoms with E-state index in [9.17, 15) is 0 Å². The second-order valence-corrected chi connectivity index (χ2v) is 3.80. The normalized spacial score (nSPS) is 23.1. The molecule has 15 heavy (non-hydrogen) atoms. The van der Waals surface area contributed by atoms with Gasteiger partial charge in [-0.05, 0) is 37.5 Å². The molecule has 0 aromatic heterocycles. The molecular formula is C13H20O2. The number of rotatable bonds is 2. The van der Waals surface area contributed by atoms with Gasteiger partial charge in [0, 0.05) is 0 Å². The highest BCUT2D eigenvalue weighted by Gasteiger charge is 2.14. The summed E-state index contributed by atoms with van der Waals surface area (Å²) in [6.45, 7) is 9.63. The van der Waals surface area contributed by atoms with Crippen LogP contribution in [0.1, 0.15) is 27.7 Å². The average Bonchev–Trinajstić information content (AvgIpc) is 2.25. The molecule has 2 nitrogen and oxygen atoms in total. The van der Waals surface area contributed by atoms with Gasteiger partial charge in [0.1, 0.15) is 13.2 Å². The highest BCUT2D eigenvalue weighted by molar-refractivity contribution is 5.31. The molecule has 1 fully saturated rings. The maximum atomic E-state index is 5.59. The van der Waals surface area contributed by atoms with Gasteiger partial charge in [-0.1, -0.05) is 19.9 Å². The van der Waals surface area contributed by atoms with Crippen molar-refractivity contribution in [1.82, 2.24) is 0 Å². The number of hydrogen-bond acceptors (Lipinski definition) is 2. The van der Waals surface area contributed by atoms with Crippen molar-refractivity contribution in [1.29, 1.82) is 0 Å². The lowest BCUT2D eigenvalue weighted by atomic mass is 10.0. The third kappa shape index (κ3) is 3.15. The Hall–Kier alpha value is -1.18. The van der Waals surface area contributed by atoms with Crippen LogP contribution in [0.25, 0.3) is 0 Å². The maximum Gasteiger partial charge on any atom is 0.161 e. The highest BCUT2D eigenvalue weighted by atomic mass is 16.6. The van der Waals surface area contributed by atoms with Gasteiger partial charge in [-0.3, -0.25) is 0 Å². The molecule has 0 radical (unpaired) electrons. The van der Waals surface area contributed by atoms with Crippen LogP contribution in [0.3, 0.4) is 0 Å². The van der Waals surface area contributed by atoms with Crippen LogP contribution < -0.4 is 0 Å². The van der Waals surface area contributed by atoms with Crippen molar-refractivity contribution in [3.63, 3.8) is 0 Å². The Morgan fingerprint density at radius 3 is 2.20 bits per heavy atom. The van der Waals surface area contributed by atoms with Crippen molar-refractivity contribution in [2.45, 2.75) is 27.7 Å². The van der Waals surface area contributed by atoms with E-state index >= 15 is 0 Å². The molecule has 0 saturated carbocycles. The van der Waals surface area contributed by atoms with Crippen molar-refractivity contribution < 1.29 is 9.47 Å². The van der Waals surface area contributed by atoms with Crippen molar-refractivity contribution in [2.24, 2.45) is 5.92 Å².